The summed E-state index contributed by atoms with van der Waals surface area (Å²) in [4.78, 5) is 45.6. The Kier molecular flexibility index (Phi) is 5.67. The number of carbonyl (C=O) groups excluding carboxylic acids is 2. The second-order valence-electron chi connectivity index (χ2n) is 7.16. The van der Waals surface area contributed by atoms with Crippen molar-refractivity contribution in [1.29, 1.82) is 0 Å². The van der Waals surface area contributed by atoms with Crippen LogP contribution in [0.5, 0.6) is 0 Å². The Morgan fingerprint density at radius 2 is 2.07 bits per heavy atom. The average Bonchev–Trinajstić information content (AvgIpc) is 2.64. The number of imide groups is 1. The topological polar surface area (TPSA) is 126 Å². The third-order valence-electron chi connectivity index (χ3n) is 4.87. The van der Waals surface area contributed by atoms with Gasteiger partial charge in [-0.25, -0.2) is 9.78 Å². The number of aromatic nitrogens is 2. The normalized spacial score (nSPS) is 19.8. The number of β-lactam (4-membered cyclic amide) rings is 1. The number of hydrogen-bond donors (Lipinski definition) is 2. The number of hydrogen-bond acceptors (Lipinski definition) is 6. The molecular formula is C20H22N4O4. The Bertz CT molecular complexity index is 887. The highest BCUT2D eigenvalue weighted by Crippen LogP contribution is 2.32. The molecule has 28 heavy (non-hydrogen) atoms. The van der Waals surface area contributed by atoms with Crippen LogP contribution in [0.2, 0.25) is 0 Å². The van der Waals surface area contributed by atoms with Gasteiger partial charge in [0.25, 0.3) is 0 Å². The van der Waals surface area contributed by atoms with Gasteiger partial charge in [-0.2, -0.15) is 0 Å². The van der Waals surface area contributed by atoms with Gasteiger partial charge in [-0.3, -0.25) is 19.5 Å². The molecule has 8 nitrogen and oxygen atoms in total. The van der Waals surface area contributed by atoms with Crippen molar-refractivity contribution in [2.75, 3.05) is 5.73 Å². The summed E-state index contributed by atoms with van der Waals surface area (Å²) in [7, 11) is 0. The zero-order valence-electron chi connectivity index (χ0n) is 15.5. The van der Waals surface area contributed by atoms with Gasteiger partial charge in [-0.05, 0) is 48.1 Å². The van der Waals surface area contributed by atoms with Gasteiger partial charge in [-0.15, -0.1) is 0 Å². The summed E-state index contributed by atoms with van der Waals surface area (Å²) in [5, 5.41) is 9.55. The van der Waals surface area contributed by atoms with Crippen molar-refractivity contribution in [2.45, 2.75) is 32.2 Å². The van der Waals surface area contributed by atoms with Crippen LogP contribution in [0.4, 0.5) is 5.82 Å². The number of anilines is 1. The molecule has 0 aliphatic carbocycles. The summed E-state index contributed by atoms with van der Waals surface area (Å²) >= 11 is 0. The lowest BCUT2D eigenvalue weighted by molar-refractivity contribution is -0.177. The monoisotopic (exact) mass is 382 g/mol. The quantitative estimate of drug-likeness (QED) is 0.691. The molecule has 1 unspecified atom stereocenters. The maximum absolute atomic E-state index is 12.6. The number of nitrogens with zero attached hydrogens (tertiary/aromatic N) is 3. The molecule has 0 aromatic carbocycles. The third kappa shape index (κ3) is 4.16. The molecule has 8 heteroatoms. The van der Waals surface area contributed by atoms with Crippen LogP contribution in [0, 0.1) is 11.8 Å². The first-order valence-electron chi connectivity index (χ1n) is 9.05. The number of likely N-dealkylation sites (tertiary alicyclic amines) is 1. The van der Waals surface area contributed by atoms with E-state index in [9.17, 15) is 19.5 Å². The number of amides is 2. The summed E-state index contributed by atoms with van der Waals surface area (Å²) in [5.74, 6) is -2.62. The molecule has 1 aliphatic heterocycles. The SMILES string of the molecule is CC(CC(=O)N1C(=O)[C@H](Cc2ccnc(N)c2)[C@H]1C(=O)O)Cc1cccnc1. The van der Waals surface area contributed by atoms with Crippen LogP contribution in [0.25, 0.3) is 0 Å². The molecule has 2 aromatic heterocycles. The number of carboxylic acid groups (broad SMARTS) is 1. The maximum Gasteiger partial charge on any atom is 0.327 e. The molecule has 3 atom stereocenters. The first-order chi connectivity index (χ1) is 13.4. The molecule has 3 rings (SSSR count). The fraction of sp³-hybridized carbons (Fsp3) is 0.350. The molecule has 1 aliphatic rings. The van der Waals surface area contributed by atoms with E-state index in [4.69, 9.17) is 5.73 Å². The van der Waals surface area contributed by atoms with E-state index in [1.165, 1.54) is 6.20 Å². The highest BCUT2D eigenvalue weighted by molar-refractivity contribution is 6.08. The van der Waals surface area contributed by atoms with E-state index in [2.05, 4.69) is 9.97 Å². The first-order valence-corrected chi connectivity index (χ1v) is 9.05. The summed E-state index contributed by atoms with van der Waals surface area (Å²) < 4.78 is 0. The van der Waals surface area contributed by atoms with Crippen molar-refractivity contribution < 1.29 is 19.5 Å². The Morgan fingerprint density at radius 1 is 1.29 bits per heavy atom. The van der Waals surface area contributed by atoms with Crippen molar-refractivity contribution in [3.05, 3.63) is 54.0 Å². The largest absolute Gasteiger partial charge is 0.480 e. The van der Waals surface area contributed by atoms with Gasteiger partial charge in [-0.1, -0.05) is 13.0 Å². The van der Waals surface area contributed by atoms with E-state index in [1.54, 1.807) is 24.5 Å². The highest BCUT2D eigenvalue weighted by Gasteiger charge is 2.54. The number of nitrogen functional groups attached to an aromatic ring is 1. The zero-order chi connectivity index (χ0) is 20.3. The lowest BCUT2D eigenvalue weighted by Gasteiger charge is -2.43. The lowest BCUT2D eigenvalue weighted by Crippen LogP contribution is -2.67. The standard InChI is InChI=1S/C20H22N4O4/c1-12(7-14-3-2-5-22-11-14)8-17(25)24-18(20(27)28)15(19(24)26)9-13-4-6-23-16(21)10-13/h2-6,10-12,15,18H,7-9H2,1H3,(H2,21,23)(H,27,28)/t12?,15-,18+/m1/s1. The van der Waals surface area contributed by atoms with E-state index < -0.39 is 29.7 Å². The second kappa shape index (κ2) is 8.16. The molecule has 3 heterocycles. The number of carboxylic acids is 1. The summed E-state index contributed by atoms with van der Waals surface area (Å²) in [6, 6.07) is 5.87. The van der Waals surface area contributed by atoms with Gasteiger partial charge in [0.15, 0.2) is 0 Å². The van der Waals surface area contributed by atoms with E-state index in [1.807, 2.05) is 19.1 Å². The summed E-state index contributed by atoms with van der Waals surface area (Å²) in [5.41, 5.74) is 7.34. The number of nitrogens with two attached hydrogens (primary N) is 1. The Balaban J connectivity index is 1.65. The van der Waals surface area contributed by atoms with Crippen LogP contribution in [0.15, 0.2) is 42.9 Å². The van der Waals surface area contributed by atoms with E-state index in [-0.39, 0.29) is 18.8 Å². The molecule has 146 valence electrons. The van der Waals surface area contributed by atoms with E-state index in [0.29, 0.717) is 17.8 Å². The van der Waals surface area contributed by atoms with Gasteiger partial charge in [0.2, 0.25) is 11.8 Å². The van der Waals surface area contributed by atoms with Gasteiger partial charge in [0, 0.05) is 25.0 Å². The zero-order valence-corrected chi connectivity index (χ0v) is 15.5. The molecular weight excluding hydrogens is 360 g/mol. The summed E-state index contributed by atoms with van der Waals surface area (Å²) in [6.45, 7) is 1.89. The second-order valence-corrected chi connectivity index (χ2v) is 7.16. The molecule has 0 bridgehead atoms. The minimum atomic E-state index is -1.18. The van der Waals surface area contributed by atoms with Gasteiger partial charge in [0.1, 0.15) is 11.9 Å². The maximum atomic E-state index is 12.6. The molecule has 0 saturated carbocycles. The molecule has 1 fully saturated rings. The lowest BCUT2D eigenvalue weighted by atomic mass is 9.81. The Morgan fingerprint density at radius 3 is 2.71 bits per heavy atom. The van der Waals surface area contributed by atoms with Crippen LogP contribution in [-0.2, 0) is 27.2 Å². The molecule has 2 amide bonds. The highest BCUT2D eigenvalue weighted by atomic mass is 16.4. The number of pyridine rings is 2. The molecule has 3 N–H and O–H groups in total. The van der Waals surface area contributed by atoms with Gasteiger partial charge in [0.05, 0.1) is 5.92 Å². The fourth-order valence-corrected chi connectivity index (χ4v) is 3.57. The number of rotatable bonds is 7. The van der Waals surface area contributed by atoms with E-state index >= 15 is 0 Å². The smallest absolute Gasteiger partial charge is 0.327 e. The predicted octanol–water partition coefficient (Wildman–Crippen LogP) is 1.31. The molecule has 0 radical (unpaired) electrons. The average molecular weight is 382 g/mol. The van der Waals surface area contributed by atoms with Crippen LogP contribution in [0.3, 0.4) is 0 Å². The van der Waals surface area contributed by atoms with Crippen LogP contribution in [0.1, 0.15) is 24.5 Å². The van der Waals surface area contributed by atoms with Crippen LogP contribution >= 0.6 is 0 Å². The predicted molar refractivity (Wildman–Crippen MR) is 101 cm³/mol. The molecule has 2 aromatic rings. The summed E-state index contributed by atoms with van der Waals surface area (Å²) in [6.07, 6.45) is 5.83. The van der Waals surface area contributed by atoms with Crippen LogP contribution < -0.4 is 5.73 Å². The Hall–Kier alpha value is -3.29. The van der Waals surface area contributed by atoms with Gasteiger partial charge >= 0.3 is 5.97 Å². The minimum Gasteiger partial charge on any atom is -0.480 e. The minimum absolute atomic E-state index is 0.0435. The van der Waals surface area contributed by atoms with Crippen molar-refractivity contribution in [3.63, 3.8) is 0 Å². The third-order valence-corrected chi connectivity index (χ3v) is 4.87. The van der Waals surface area contributed by atoms with Crippen molar-refractivity contribution in [3.8, 4) is 0 Å². The van der Waals surface area contributed by atoms with Crippen LogP contribution in [-0.4, -0.2) is 43.8 Å². The van der Waals surface area contributed by atoms with Crippen molar-refractivity contribution in [2.24, 2.45) is 11.8 Å². The molecule has 0 spiro atoms. The van der Waals surface area contributed by atoms with Gasteiger partial charge < -0.3 is 10.8 Å². The number of carbonyl (C=O) groups is 3. The van der Waals surface area contributed by atoms with Crippen molar-refractivity contribution in [1.82, 2.24) is 14.9 Å². The molecule has 1 saturated heterocycles. The van der Waals surface area contributed by atoms with Crippen molar-refractivity contribution >= 4 is 23.6 Å². The number of aliphatic carboxylic acids is 1. The first kappa shape index (κ1) is 19.5. The van der Waals surface area contributed by atoms with E-state index in [0.717, 1.165) is 10.5 Å². The fourth-order valence-electron chi connectivity index (χ4n) is 3.57. The Labute approximate surface area is 162 Å².